The van der Waals surface area contributed by atoms with Crippen LogP contribution < -0.4 is 15.4 Å². The number of nitrogens with one attached hydrogen (secondary N) is 2. The Labute approximate surface area is 207 Å². The van der Waals surface area contributed by atoms with Crippen LogP contribution in [0.5, 0.6) is 5.75 Å². The summed E-state index contributed by atoms with van der Waals surface area (Å²) < 4.78 is 20.0. The lowest BCUT2D eigenvalue weighted by Gasteiger charge is -2.07. The first-order valence-corrected chi connectivity index (χ1v) is 11.4. The number of anilines is 2. The summed E-state index contributed by atoms with van der Waals surface area (Å²) in [6.45, 7) is 2.32. The molecule has 0 fully saturated rings. The Bertz CT molecular complexity index is 1530. The van der Waals surface area contributed by atoms with Gasteiger partial charge in [-0.3, -0.25) is 4.79 Å². The van der Waals surface area contributed by atoms with Gasteiger partial charge in [0.15, 0.2) is 5.65 Å². The zero-order valence-corrected chi connectivity index (χ0v) is 19.8. The summed E-state index contributed by atoms with van der Waals surface area (Å²) in [5.41, 5.74) is 5.91. The fourth-order valence-electron chi connectivity index (χ4n) is 3.83. The third kappa shape index (κ3) is 5.02. The van der Waals surface area contributed by atoms with Crippen molar-refractivity contribution < 1.29 is 13.9 Å². The number of benzene rings is 3. The molecule has 0 unspecified atom stereocenters. The Morgan fingerprint density at radius 1 is 0.972 bits per heavy atom. The molecule has 0 saturated heterocycles. The Morgan fingerprint density at radius 2 is 1.72 bits per heavy atom. The van der Waals surface area contributed by atoms with E-state index < -0.39 is 0 Å². The van der Waals surface area contributed by atoms with Crippen molar-refractivity contribution in [3.8, 4) is 16.9 Å². The number of nitrogens with zero attached hydrogens (tertiary/aromatic N) is 3. The quantitative estimate of drug-likeness (QED) is 0.320. The molecule has 1 amide bonds. The van der Waals surface area contributed by atoms with E-state index in [2.05, 4.69) is 20.7 Å². The van der Waals surface area contributed by atoms with Crippen LogP contribution >= 0.6 is 0 Å². The molecule has 5 aromatic rings. The van der Waals surface area contributed by atoms with Gasteiger partial charge in [-0.15, -0.1) is 5.10 Å². The Hall–Kier alpha value is -4.72. The van der Waals surface area contributed by atoms with Crippen LogP contribution in [0.1, 0.15) is 21.5 Å². The summed E-state index contributed by atoms with van der Waals surface area (Å²) in [5.74, 6) is 0.794. The third-order valence-corrected chi connectivity index (χ3v) is 5.86. The average molecular weight is 482 g/mol. The topological polar surface area (TPSA) is 80.5 Å². The SMILES string of the molecule is COc1ccc(Nc2nc3ccc(-c4ccc(C(=O)NCc5ccc(F)cc5)cc4)cn3n2)c(C)c1. The second-order valence-corrected chi connectivity index (χ2v) is 8.35. The summed E-state index contributed by atoms with van der Waals surface area (Å²) in [4.78, 5) is 17.0. The number of carbonyl (C=O) groups is 1. The average Bonchev–Trinajstić information content (AvgIpc) is 3.31. The number of halogens is 1. The second kappa shape index (κ2) is 9.87. The number of amides is 1. The Kier molecular flexibility index (Phi) is 6.32. The van der Waals surface area contributed by atoms with E-state index in [4.69, 9.17) is 4.74 Å². The number of pyridine rings is 1. The third-order valence-electron chi connectivity index (χ3n) is 5.86. The van der Waals surface area contributed by atoms with Gasteiger partial charge in [-0.2, -0.15) is 4.98 Å². The highest BCUT2D eigenvalue weighted by molar-refractivity contribution is 5.94. The van der Waals surface area contributed by atoms with E-state index in [1.807, 2.05) is 55.6 Å². The van der Waals surface area contributed by atoms with Gasteiger partial charge in [-0.1, -0.05) is 24.3 Å². The molecule has 2 heterocycles. The van der Waals surface area contributed by atoms with Crippen molar-refractivity contribution in [1.82, 2.24) is 19.9 Å². The molecule has 180 valence electrons. The van der Waals surface area contributed by atoms with E-state index in [1.165, 1.54) is 12.1 Å². The largest absolute Gasteiger partial charge is 0.497 e. The van der Waals surface area contributed by atoms with E-state index in [0.717, 1.165) is 33.7 Å². The van der Waals surface area contributed by atoms with Gasteiger partial charge in [-0.05, 0) is 78.2 Å². The minimum absolute atomic E-state index is 0.192. The fraction of sp³-hybridized carbons (Fsp3) is 0.107. The molecule has 0 saturated carbocycles. The molecule has 0 aliphatic heterocycles. The van der Waals surface area contributed by atoms with E-state index >= 15 is 0 Å². The van der Waals surface area contributed by atoms with Crippen molar-refractivity contribution in [3.63, 3.8) is 0 Å². The molecule has 0 aliphatic rings. The molecule has 36 heavy (non-hydrogen) atoms. The van der Waals surface area contributed by atoms with E-state index in [1.54, 1.807) is 35.9 Å². The van der Waals surface area contributed by atoms with Crippen LogP contribution in [0.25, 0.3) is 16.8 Å². The summed E-state index contributed by atoms with van der Waals surface area (Å²) in [7, 11) is 1.64. The monoisotopic (exact) mass is 481 g/mol. The number of rotatable bonds is 7. The van der Waals surface area contributed by atoms with Gasteiger partial charge in [0.25, 0.3) is 5.91 Å². The lowest BCUT2D eigenvalue weighted by molar-refractivity contribution is 0.0951. The number of methoxy groups -OCH3 is 1. The van der Waals surface area contributed by atoms with E-state index in [9.17, 15) is 9.18 Å². The molecule has 2 aromatic heterocycles. The summed E-state index contributed by atoms with van der Waals surface area (Å²) in [6.07, 6.45) is 1.90. The van der Waals surface area contributed by atoms with Crippen LogP contribution in [0.3, 0.4) is 0 Å². The molecule has 5 rings (SSSR count). The van der Waals surface area contributed by atoms with Crippen LogP contribution in [0.15, 0.2) is 85.1 Å². The Balaban J connectivity index is 1.28. The van der Waals surface area contributed by atoms with Crippen LogP contribution in [-0.2, 0) is 6.54 Å². The molecule has 0 bridgehead atoms. The standard InChI is InChI=1S/C28H24FN5O2/c1-18-15-24(36-2)12-13-25(18)31-28-32-26-14-9-22(17-34(26)33-28)20-5-7-21(8-6-20)27(35)30-16-19-3-10-23(29)11-4-19/h3-15,17H,16H2,1-2H3,(H,30,35)(H,31,33). The molecule has 0 atom stereocenters. The molecular formula is C28H24FN5O2. The molecule has 0 aliphatic carbocycles. The first-order valence-electron chi connectivity index (χ1n) is 11.4. The van der Waals surface area contributed by atoms with Gasteiger partial charge in [-0.25, -0.2) is 8.91 Å². The smallest absolute Gasteiger partial charge is 0.251 e. The normalized spacial score (nSPS) is 10.9. The second-order valence-electron chi connectivity index (χ2n) is 8.35. The maximum Gasteiger partial charge on any atom is 0.251 e. The highest BCUT2D eigenvalue weighted by Crippen LogP contribution is 2.25. The predicted octanol–water partition coefficient (Wildman–Crippen LogP) is 5.53. The van der Waals surface area contributed by atoms with Crippen LogP contribution in [-0.4, -0.2) is 27.6 Å². The lowest BCUT2D eigenvalue weighted by Crippen LogP contribution is -2.22. The van der Waals surface area contributed by atoms with Crippen LogP contribution in [0, 0.1) is 12.7 Å². The van der Waals surface area contributed by atoms with Gasteiger partial charge < -0.3 is 15.4 Å². The minimum atomic E-state index is -0.301. The molecular weight excluding hydrogens is 457 g/mol. The lowest BCUT2D eigenvalue weighted by atomic mass is 10.1. The van der Waals surface area contributed by atoms with Crippen molar-refractivity contribution in [3.05, 3.63) is 108 Å². The number of carbonyl (C=O) groups excluding carboxylic acids is 1. The number of fused-ring (bicyclic) bond motifs is 1. The summed E-state index contributed by atoms with van der Waals surface area (Å²) in [5, 5.41) is 10.7. The number of hydrogen-bond donors (Lipinski definition) is 2. The molecule has 7 nitrogen and oxygen atoms in total. The first kappa shape index (κ1) is 23.0. The summed E-state index contributed by atoms with van der Waals surface area (Å²) >= 11 is 0. The maximum atomic E-state index is 13.0. The van der Waals surface area contributed by atoms with E-state index in [0.29, 0.717) is 23.7 Å². The number of aromatic nitrogens is 3. The summed E-state index contributed by atoms with van der Waals surface area (Å²) in [6, 6.07) is 23.0. The van der Waals surface area contributed by atoms with Gasteiger partial charge in [0.05, 0.1) is 7.11 Å². The fourth-order valence-corrected chi connectivity index (χ4v) is 3.83. The number of hydrogen-bond acceptors (Lipinski definition) is 5. The van der Waals surface area contributed by atoms with Crippen molar-refractivity contribution in [2.45, 2.75) is 13.5 Å². The van der Waals surface area contributed by atoms with Gasteiger partial charge in [0, 0.05) is 29.6 Å². The zero-order chi connectivity index (χ0) is 25.1. The zero-order valence-electron chi connectivity index (χ0n) is 19.8. The van der Waals surface area contributed by atoms with Crippen molar-refractivity contribution in [1.29, 1.82) is 0 Å². The predicted molar refractivity (Wildman–Crippen MR) is 137 cm³/mol. The maximum absolute atomic E-state index is 13.0. The Morgan fingerprint density at radius 3 is 2.44 bits per heavy atom. The van der Waals surface area contributed by atoms with Crippen molar-refractivity contribution >= 4 is 23.2 Å². The van der Waals surface area contributed by atoms with E-state index in [-0.39, 0.29) is 11.7 Å². The molecule has 2 N–H and O–H groups in total. The highest BCUT2D eigenvalue weighted by Gasteiger charge is 2.10. The van der Waals surface area contributed by atoms with Crippen LogP contribution in [0.2, 0.25) is 0 Å². The number of ether oxygens (including phenoxy) is 1. The van der Waals surface area contributed by atoms with Crippen LogP contribution in [0.4, 0.5) is 16.0 Å². The van der Waals surface area contributed by atoms with Gasteiger partial charge >= 0.3 is 0 Å². The molecule has 0 spiro atoms. The van der Waals surface area contributed by atoms with Crippen molar-refractivity contribution in [2.75, 3.05) is 12.4 Å². The minimum Gasteiger partial charge on any atom is -0.497 e. The molecule has 0 radical (unpaired) electrons. The first-order chi connectivity index (χ1) is 17.5. The van der Waals surface area contributed by atoms with Gasteiger partial charge in [0.2, 0.25) is 5.95 Å². The highest BCUT2D eigenvalue weighted by atomic mass is 19.1. The molecule has 8 heteroatoms. The van der Waals surface area contributed by atoms with Crippen molar-refractivity contribution in [2.24, 2.45) is 0 Å². The molecule has 3 aromatic carbocycles. The number of aryl methyl sites for hydroxylation is 1. The van der Waals surface area contributed by atoms with Gasteiger partial charge in [0.1, 0.15) is 11.6 Å².